The van der Waals surface area contributed by atoms with Crippen LogP contribution in [-0.4, -0.2) is 26.2 Å². The van der Waals surface area contributed by atoms with Crippen molar-refractivity contribution in [1.82, 2.24) is 0 Å². The van der Waals surface area contributed by atoms with Crippen LogP contribution in [0.2, 0.25) is 0 Å². The van der Waals surface area contributed by atoms with E-state index in [0.29, 0.717) is 16.5 Å². The van der Waals surface area contributed by atoms with Crippen molar-refractivity contribution < 1.29 is 23.5 Å². The van der Waals surface area contributed by atoms with Crippen molar-refractivity contribution in [3.8, 4) is 11.1 Å². The van der Waals surface area contributed by atoms with E-state index in [4.69, 9.17) is 9.15 Å². The number of esters is 2. The van der Waals surface area contributed by atoms with E-state index in [1.807, 2.05) is 6.07 Å². The molecule has 1 aromatic heterocycles. The Balaban J connectivity index is 2.28. The predicted octanol–water partition coefficient (Wildman–Crippen LogP) is 3.03. The third-order valence-electron chi connectivity index (χ3n) is 3.77. The van der Waals surface area contributed by atoms with Gasteiger partial charge >= 0.3 is 17.6 Å². The van der Waals surface area contributed by atoms with Crippen LogP contribution in [0, 0.1) is 0 Å². The number of fused-ring (bicyclic) bond motifs is 1. The molecule has 3 rings (SSSR count). The zero-order valence-electron chi connectivity index (χ0n) is 13.6. The molecule has 0 saturated heterocycles. The fraction of sp³-hybridized carbons (Fsp3) is 0.105. The molecule has 3 aromatic rings. The highest BCUT2D eigenvalue weighted by Crippen LogP contribution is 2.25. The van der Waals surface area contributed by atoms with Gasteiger partial charge in [0.15, 0.2) is 0 Å². The second-order valence-corrected chi connectivity index (χ2v) is 5.23. The van der Waals surface area contributed by atoms with Crippen molar-refractivity contribution >= 4 is 22.9 Å². The lowest BCUT2D eigenvalue weighted by atomic mass is 10.0. The summed E-state index contributed by atoms with van der Waals surface area (Å²) >= 11 is 0. The highest BCUT2D eigenvalue weighted by molar-refractivity contribution is 6.06. The number of ether oxygens (including phenoxy) is 2. The molecule has 0 fully saturated rings. The maximum Gasteiger partial charge on any atom is 0.344 e. The van der Waals surface area contributed by atoms with Crippen LogP contribution in [0.5, 0.6) is 0 Å². The summed E-state index contributed by atoms with van der Waals surface area (Å²) in [6.07, 6.45) is 0. The lowest BCUT2D eigenvalue weighted by molar-refractivity contribution is 0.0555. The van der Waals surface area contributed by atoms with Crippen molar-refractivity contribution in [2.75, 3.05) is 14.2 Å². The molecule has 6 nitrogen and oxygen atoms in total. The van der Waals surface area contributed by atoms with Gasteiger partial charge in [-0.25, -0.2) is 14.4 Å². The highest BCUT2D eigenvalue weighted by Gasteiger charge is 2.21. The Labute approximate surface area is 142 Å². The number of methoxy groups -OCH3 is 2. The Bertz CT molecular complexity index is 1020. The van der Waals surface area contributed by atoms with Crippen molar-refractivity contribution in [3.63, 3.8) is 0 Å². The van der Waals surface area contributed by atoms with Gasteiger partial charge in [0.05, 0.1) is 30.9 Å². The molecule has 0 bridgehead atoms. The summed E-state index contributed by atoms with van der Waals surface area (Å²) in [6, 6.07) is 13.4. The van der Waals surface area contributed by atoms with E-state index < -0.39 is 17.6 Å². The molecule has 0 N–H and O–H groups in total. The predicted molar refractivity (Wildman–Crippen MR) is 90.6 cm³/mol. The summed E-state index contributed by atoms with van der Waals surface area (Å²) in [5.41, 5.74) is 0.690. The number of benzene rings is 2. The van der Waals surface area contributed by atoms with Crippen LogP contribution in [0.15, 0.2) is 57.7 Å². The normalized spacial score (nSPS) is 10.5. The van der Waals surface area contributed by atoms with E-state index in [9.17, 15) is 14.4 Å². The minimum atomic E-state index is -0.725. The van der Waals surface area contributed by atoms with Crippen LogP contribution in [0.25, 0.3) is 22.1 Å². The fourth-order valence-electron chi connectivity index (χ4n) is 2.54. The Morgan fingerprint density at radius 3 is 2.08 bits per heavy atom. The minimum absolute atomic E-state index is 0.0301. The SMILES string of the molecule is COC(=O)c1cc2cc(-c3ccccc3)c(=O)oc2cc1C(=O)OC. The molecule has 25 heavy (non-hydrogen) atoms. The van der Waals surface area contributed by atoms with Gasteiger partial charge in [0.1, 0.15) is 5.58 Å². The Kier molecular flexibility index (Phi) is 4.35. The third kappa shape index (κ3) is 3.01. The van der Waals surface area contributed by atoms with Gasteiger partial charge in [0.2, 0.25) is 0 Å². The van der Waals surface area contributed by atoms with Gasteiger partial charge < -0.3 is 13.9 Å². The quantitative estimate of drug-likeness (QED) is 0.539. The van der Waals surface area contributed by atoms with Crippen molar-refractivity contribution in [2.24, 2.45) is 0 Å². The number of hydrogen-bond donors (Lipinski definition) is 0. The summed E-state index contributed by atoms with van der Waals surface area (Å²) in [5, 5.41) is 0.492. The lowest BCUT2D eigenvalue weighted by Crippen LogP contribution is -2.12. The van der Waals surface area contributed by atoms with E-state index in [0.717, 1.165) is 0 Å². The topological polar surface area (TPSA) is 82.8 Å². The molecule has 0 aliphatic heterocycles. The minimum Gasteiger partial charge on any atom is -0.465 e. The zero-order valence-corrected chi connectivity index (χ0v) is 13.6. The molecule has 0 aliphatic rings. The molecule has 0 radical (unpaired) electrons. The second-order valence-electron chi connectivity index (χ2n) is 5.23. The van der Waals surface area contributed by atoms with Crippen molar-refractivity contribution in [1.29, 1.82) is 0 Å². The first kappa shape index (κ1) is 16.4. The van der Waals surface area contributed by atoms with Crippen molar-refractivity contribution in [2.45, 2.75) is 0 Å². The maximum absolute atomic E-state index is 12.3. The molecular formula is C19H14O6. The Hall–Kier alpha value is -3.41. The molecule has 0 amide bonds. The Morgan fingerprint density at radius 2 is 1.48 bits per heavy atom. The van der Waals surface area contributed by atoms with Gasteiger partial charge in [-0.2, -0.15) is 0 Å². The van der Waals surface area contributed by atoms with Gasteiger partial charge in [-0.3, -0.25) is 0 Å². The number of carbonyl (C=O) groups excluding carboxylic acids is 2. The van der Waals surface area contributed by atoms with Crippen LogP contribution in [0.1, 0.15) is 20.7 Å². The summed E-state index contributed by atoms with van der Waals surface area (Å²) in [6.45, 7) is 0. The Morgan fingerprint density at radius 1 is 0.880 bits per heavy atom. The van der Waals surface area contributed by atoms with Crippen LogP contribution < -0.4 is 5.63 Å². The van der Waals surface area contributed by atoms with E-state index in [1.165, 1.54) is 26.4 Å². The average molecular weight is 338 g/mol. The standard InChI is InChI=1S/C19H14O6/c1-23-17(20)14-9-12-8-13(11-6-4-3-5-7-11)19(22)25-16(12)10-15(14)18(21)24-2/h3-10H,1-2H3. The van der Waals surface area contributed by atoms with Crippen LogP contribution in [0.4, 0.5) is 0 Å². The van der Waals surface area contributed by atoms with Gasteiger partial charge in [-0.05, 0) is 23.8 Å². The van der Waals surface area contributed by atoms with Crippen LogP contribution in [-0.2, 0) is 9.47 Å². The maximum atomic E-state index is 12.3. The lowest BCUT2D eigenvalue weighted by Gasteiger charge is -2.09. The molecule has 0 spiro atoms. The van der Waals surface area contributed by atoms with Gasteiger partial charge in [-0.15, -0.1) is 0 Å². The first-order valence-corrected chi connectivity index (χ1v) is 7.39. The number of carbonyl (C=O) groups is 2. The number of rotatable bonds is 3. The molecule has 126 valence electrons. The first-order valence-electron chi connectivity index (χ1n) is 7.39. The fourth-order valence-corrected chi connectivity index (χ4v) is 2.54. The molecular weight excluding hydrogens is 324 g/mol. The highest BCUT2D eigenvalue weighted by atomic mass is 16.5. The van der Waals surface area contributed by atoms with E-state index in [-0.39, 0.29) is 16.7 Å². The molecule has 6 heteroatoms. The van der Waals surface area contributed by atoms with E-state index >= 15 is 0 Å². The molecule has 2 aromatic carbocycles. The summed E-state index contributed by atoms with van der Waals surface area (Å²) in [7, 11) is 2.41. The van der Waals surface area contributed by atoms with Crippen LogP contribution >= 0.6 is 0 Å². The number of hydrogen-bond acceptors (Lipinski definition) is 6. The van der Waals surface area contributed by atoms with Crippen LogP contribution in [0.3, 0.4) is 0 Å². The second kappa shape index (κ2) is 6.60. The van der Waals surface area contributed by atoms with Crippen molar-refractivity contribution in [3.05, 3.63) is 70.1 Å². The monoisotopic (exact) mass is 338 g/mol. The summed E-state index contributed by atoms with van der Waals surface area (Å²) in [4.78, 5) is 36.2. The molecule has 1 heterocycles. The molecule has 0 unspecified atom stereocenters. The smallest absolute Gasteiger partial charge is 0.344 e. The molecule has 0 aliphatic carbocycles. The first-order chi connectivity index (χ1) is 12.0. The summed E-state index contributed by atoms with van der Waals surface area (Å²) in [5.74, 6) is -1.41. The van der Waals surface area contributed by atoms with Gasteiger partial charge in [0, 0.05) is 5.39 Å². The van der Waals surface area contributed by atoms with Gasteiger partial charge in [-0.1, -0.05) is 30.3 Å². The van der Waals surface area contributed by atoms with E-state index in [1.54, 1.807) is 30.3 Å². The third-order valence-corrected chi connectivity index (χ3v) is 3.77. The summed E-state index contributed by atoms with van der Waals surface area (Å²) < 4.78 is 14.7. The molecule has 0 atom stereocenters. The van der Waals surface area contributed by atoms with E-state index in [2.05, 4.69) is 4.74 Å². The average Bonchev–Trinajstić information content (AvgIpc) is 2.65. The molecule has 0 saturated carbocycles. The van der Waals surface area contributed by atoms with Gasteiger partial charge in [0.25, 0.3) is 0 Å². The zero-order chi connectivity index (χ0) is 18.0. The largest absolute Gasteiger partial charge is 0.465 e.